The van der Waals surface area contributed by atoms with Crippen molar-refractivity contribution in [1.29, 1.82) is 0 Å². The van der Waals surface area contributed by atoms with Gasteiger partial charge in [-0.15, -0.1) is 0 Å². The van der Waals surface area contributed by atoms with Crippen molar-refractivity contribution in [3.63, 3.8) is 0 Å². The average molecular weight is 387 g/mol. The largest absolute Gasteiger partial charge is 0.348 e. The second kappa shape index (κ2) is 7.42. The Morgan fingerprint density at radius 3 is 2.60 bits per heavy atom. The number of benzene rings is 1. The lowest BCUT2D eigenvalue weighted by Gasteiger charge is -2.36. The van der Waals surface area contributed by atoms with Crippen molar-refractivity contribution >= 4 is 29.1 Å². The molecule has 0 bridgehead atoms. The van der Waals surface area contributed by atoms with E-state index in [9.17, 15) is 9.18 Å². The van der Waals surface area contributed by atoms with Crippen molar-refractivity contribution < 1.29 is 9.18 Å². The Labute approximate surface area is 158 Å². The Kier molecular flexibility index (Phi) is 5.62. The van der Waals surface area contributed by atoms with Crippen LogP contribution >= 0.6 is 23.2 Å². The molecule has 3 nitrogen and oxygen atoms in total. The molecule has 0 radical (unpaired) electrons. The third-order valence-electron chi connectivity index (χ3n) is 5.94. The third-order valence-corrected chi connectivity index (χ3v) is 6.76. The quantitative estimate of drug-likeness (QED) is 0.715. The summed E-state index contributed by atoms with van der Waals surface area (Å²) in [4.78, 5) is 12.8. The minimum atomic E-state index is -0.481. The lowest BCUT2D eigenvalue weighted by molar-refractivity contribution is -0.126. The van der Waals surface area contributed by atoms with Gasteiger partial charge in [-0.05, 0) is 49.7 Å². The summed E-state index contributed by atoms with van der Waals surface area (Å²) in [6, 6.07) is 2.37. The Balaban J connectivity index is 1.94. The molecule has 0 aromatic heterocycles. The summed E-state index contributed by atoms with van der Waals surface area (Å²) in [5.41, 5.74) is 6.03. The summed E-state index contributed by atoms with van der Waals surface area (Å²) in [7, 11) is 0. The number of amides is 1. The van der Waals surface area contributed by atoms with Crippen LogP contribution < -0.4 is 11.1 Å². The van der Waals surface area contributed by atoms with Gasteiger partial charge in [0.2, 0.25) is 5.91 Å². The van der Waals surface area contributed by atoms with Gasteiger partial charge in [0.15, 0.2) is 0 Å². The molecule has 0 spiro atoms. The van der Waals surface area contributed by atoms with Crippen molar-refractivity contribution in [3.05, 3.63) is 33.6 Å². The molecule has 3 atom stereocenters. The lowest BCUT2D eigenvalue weighted by Crippen LogP contribution is -2.41. The molecular weight excluding hydrogens is 362 g/mol. The van der Waals surface area contributed by atoms with E-state index in [0.29, 0.717) is 17.0 Å². The van der Waals surface area contributed by atoms with Crippen molar-refractivity contribution in [1.82, 2.24) is 5.32 Å². The second-order valence-corrected chi connectivity index (χ2v) is 8.61. The van der Waals surface area contributed by atoms with Crippen molar-refractivity contribution in [2.75, 3.05) is 0 Å². The zero-order chi connectivity index (χ0) is 18.2. The zero-order valence-electron chi connectivity index (χ0n) is 14.5. The second-order valence-electron chi connectivity index (χ2n) is 7.83. The monoisotopic (exact) mass is 386 g/mol. The Bertz CT molecular complexity index is 661. The molecule has 25 heavy (non-hydrogen) atoms. The first-order valence-corrected chi connectivity index (χ1v) is 9.77. The Hall–Kier alpha value is -0.840. The highest BCUT2D eigenvalue weighted by atomic mass is 35.5. The highest BCUT2D eigenvalue weighted by molar-refractivity contribution is 6.42. The maximum Gasteiger partial charge on any atom is 0.223 e. The predicted octanol–water partition coefficient (Wildman–Crippen LogP) is 5.00. The van der Waals surface area contributed by atoms with Gasteiger partial charge in [0, 0.05) is 17.5 Å². The standard InChI is InChI=1S/C19H25Cl2FN2O/c1-19(8-2-3-9-19)17(15-14(22)7-6-13(20)16(15)21)24-18(25)11-4-5-12(23)10-11/h6-7,11-12,17H,2-5,8-10,23H2,1H3,(H,24,25). The molecule has 2 fully saturated rings. The average Bonchev–Trinajstić information content (AvgIpc) is 3.19. The normalized spacial score (nSPS) is 26.6. The van der Waals surface area contributed by atoms with Gasteiger partial charge < -0.3 is 11.1 Å². The Morgan fingerprint density at radius 1 is 1.32 bits per heavy atom. The fourth-order valence-corrected chi connectivity index (χ4v) is 4.82. The van der Waals surface area contributed by atoms with Gasteiger partial charge in [0.05, 0.1) is 16.1 Å². The van der Waals surface area contributed by atoms with Gasteiger partial charge in [-0.25, -0.2) is 4.39 Å². The number of carbonyl (C=O) groups excluding carboxylic acids is 1. The molecular formula is C19H25Cl2FN2O. The molecule has 0 saturated heterocycles. The minimum Gasteiger partial charge on any atom is -0.348 e. The third kappa shape index (κ3) is 3.81. The van der Waals surface area contributed by atoms with Gasteiger partial charge in [-0.3, -0.25) is 4.79 Å². The summed E-state index contributed by atoms with van der Waals surface area (Å²) in [5.74, 6) is -0.582. The van der Waals surface area contributed by atoms with Gasteiger partial charge in [-0.2, -0.15) is 0 Å². The van der Waals surface area contributed by atoms with Crippen LogP contribution in [0, 0.1) is 17.2 Å². The van der Waals surface area contributed by atoms with Crippen molar-refractivity contribution in [2.24, 2.45) is 17.1 Å². The summed E-state index contributed by atoms with van der Waals surface area (Å²) < 4.78 is 14.7. The minimum absolute atomic E-state index is 0.0542. The molecule has 2 aliphatic rings. The Morgan fingerprint density at radius 2 is 2.00 bits per heavy atom. The van der Waals surface area contributed by atoms with Crippen LogP contribution in [-0.2, 0) is 4.79 Å². The summed E-state index contributed by atoms with van der Waals surface area (Å²) >= 11 is 12.5. The van der Waals surface area contributed by atoms with Gasteiger partial charge in [0.25, 0.3) is 0 Å². The van der Waals surface area contributed by atoms with Crippen molar-refractivity contribution in [3.8, 4) is 0 Å². The van der Waals surface area contributed by atoms with Gasteiger partial charge in [0.1, 0.15) is 5.82 Å². The molecule has 138 valence electrons. The molecule has 2 saturated carbocycles. The van der Waals surface area contributed by atoms with Crippen LogP contribution in [0.1, 0.15) is 63.5 Å². The van der Waals surface area contributed by atoms with Gasteiger partial charge >= 0.3 is 0 Å². The van der Waals surface area contributed by atoms with Crippen molar-refractivity contribution in [2.45, 2.75) is 64.0 Å². The predicted molar refractivity (Wildman–Crippen MR) is 99.2 cm³/mol. The number of nitrogens with one attached hydrogen (secondary N) is 1. The summed E-state index contributed by atoms with van der Waals surface area (Å²) in [6.45, 7) is 2.10. The van der Waals surface area contributed by atoms with E-state index in [2.05, 4.69) is 12.2 Å². The molecule has 0 aliphatic heterocycles. The maximum absolute atomic E-state index is 14.7. The summed E-state index contributed by atoms with van der Waals surface area (Å²) in [6.07, 6.45) is 6.29. The SMILES string of the molecule is CC1(C(NC(=O)C2CCC(N)C2)c2c(F)ccc(Cl)c2Cl)CCCC1. The molecule has 1 aromatic carbocycles. The highest BCUT2D eigenvalue weighted by Crippen LogP contribution is 2.50. The van der Waals surface area contributed by atoms with E-state index in [4.69, 9.17) is 28.9 Å². The first-order valence-electron chi connectivity index (χ1n) is 9.01. The van der Waals surface area contributed by atoms with Crippen LogP contribution in [0.2, 0.25) is 10.0 Å². The molecule has 3 unspecified atom stereocenters. The van der Waals surface area contributed by atoms with E-state index in [1.54, 1.807) is 0 Å². The maximum atomic E-state index is 14.7. The van der Waals surface area contributed by atoms with E-state index >= 15 is 0 Å². The fourth-order valence-electron chi connectivity index (χ4n) is 4.39. The first kappa shape index (κ1) is 18.9. The van der Waals surface area contributed by atoms with Crippen LogP contribution in [0.25, 0.3) is 0 Å². The summed E-state index contributed by atoms with van der Waals surface area (Å²) in [5, 5.41) is 3.61. The van der Waals surface area contributed by atoms with Crippen LogP contribution in [0.15, 0.2) is 12.1 Å². The molecule has 1 amide bonds. The molecule has 6 heteroatoms. The fraction of sp³-hybridized carbons (Fsp3) is 0.632. The van der Waals surface area contributed by atoms with Crippen LogP contribution in [0.3, 0.4) is 0 Å². The lowest BCUT2D eigenvalue weighted by atomic mass is 9.76. The van der Waals surface area contributed by atoms with Gasteiger partial charge in [-0.1, -0.05) is 43.0 Å². The number of hydrogen-bond acceptors (Lipinski definition) is 2. The van der Waals surface area contributed by atoms with Crippen LogP contribution in [0.5, 0.6) is 0 Å². The van der Waals surface area contributed by atoms with E-state index in [0.717, 1.165) is 38.5 Å². The van der Waals surface area contributed by atoms with Crippen LogP contribution in [-0.4, -0.2) is 11.9 Å². The molecule has 1 aromatic rings. The zero-order valence-corrected chi connectivity index (χ0v) is 16.0. The van der Waals surface area contributed by atoms with E-state index in [-0.39, 0.29) is 28.3 Å². The number of nitrogens with two attached hydrogens (primary N) is 1. The topological polar surface area (TPSA) is 55.1 Å². The van der Waals surface area contributed by atoms with E-state index < -0.39 is 11.9 Å². The number of hydrogen-bond donors (Lipinski definition) is 2. The first-order chi connectivity index (χ1) is 11.8. The molecule has 3 N–H and O–H groups in total. The van der Waals surface area contributed by atoms with Crippen LogP contribution in [0.4, 0.5) is 4.39 Å². The molecule has 3 rings (SSSR count). The molecule has 2 aliphatic carbocycles. The number of carbonyl (C=O) groups is 1. The molecule has 0 heterocycles. The number of halogens is 3. The van der Waals surface area contributed by atoms with E-state index in [1.807, 2.05) is 0 Å². The highest BCUT2D eigenvalue weighted by Gasteiger charge is 2.42. The van der Waals surface area contributed by atoms with E-state index in [1.165, 1.54) is 12.1 Å². The smallest absolute Gasteiger partial charge is 0.223 e. The number of rotatable bonds is 4.